The van der Waals surface area contributed by atoms with Crippen molar-refractivity contribution in [2.75, 3.05) is 6.54 Å². The van der Waals surface area contributed by atoms with Gasteiger partial charge >= 0.3 is 0 Å². The van der Waals surface area contributed by atoms with Crippen LogP contribution in [-0.2, 0) is 6.42 Å². The Morgan fingerprint density at radius 3 is 2.89 bits per heavy atom. The first-order valence-electron chi connectivity index (χ1n) is 6.15. The van der Waals surface area contributed by atoms with Crippen LogP contribution < -0.4 is 10.5 Å². The van der Waals surface area contributed by atoms with Gasteiger partial charge in [-0.15, -0.1) is 0 Å². The average molecular weight is 242 g/mol. The minimum atomic E-state index is -0.00757. The predicted octanol–water partition coefficient (Wildman–Crippen LogP) is 2.72. The standard InChI is InChI=1S/C15H18N2O/c1-12(14-5-3-9-17-11-14)18-15-6-2-4-13(10-15)7-8-16/h2-6,9-12H,7-8,16H2,1H3. The van der Waals surface area contributed by atoms with E-state index in [-0.39, 0.29) is 6.10 Å². The Morgan fingerprint density at radius 2 is 2.17 bits per heavy atom. The molecule has 1 aromatic carbocycles. The fourth-order valence-electron chi connectivity index (χ4n) is 1.83. The number of hydrogen-bond donors (Lipinski definition) is 1. The maximum Gasteiger partial charge on any atom is 0.122 e. The van der Waals surface area contributed by atoms with Gasteiger partial charge in [0, 0.05) is 18.0 Å². The van der Waals surface area contributed by atoms with E-state index in [0.29, 0.717) is 6.54 Å². The second-order valence-electron chi connectivity index (χ2n) is 4.23. The lowest BCUT2D eigenvalue weighted by Crippen LogP contribution is -2.05. The molecule has 3 nitrogen and oxygen atoms in total. The van der Waals surface area contributed by atoms with Gasteiger partial charge in [0.1, 0.15) is 11.9 Å². The van der Waals surface area contributed by atoms with Crippen LogP contribution in [0.4, 0.5) is 0 Å². The molecule has 2 aromatic rings. The summed E-state index contributed by atoms with van der Waals surface area (Å²) in [6.07, 6.45) is 4.46. The third-order valence-electron chi connectivity index (χ3n) is 2.80. The molecule has 0 spiro atoms. The van der Waals surface area contributed by atoms with E-state index >= 15 is 0 Å². The summed E-state index contributed by atoms with van der Waals surface area (Å²) >= 11 is 0. The molecule has 18 heavy (non-hydrogen) atoms. The Balaban J connectivity index is 2.07. The SMILES string of the molecule is CC(Oc1cccc(CCN)c1)c1cccnc1. The van der Waals surface area contributed by atoms with Crippen LogP contribution in [0.25, 0.3) is 0 Å². The molecule has 0 aliphatic carbocycles. The first-order valence-corrected chi connectivity index (χ1v) is 6.15. The van der Waals surface area contributed by atoms with Gasteiger partial charge in [0.2, 0.25) is 0 Å². The lowest BCUT2D eigenvalue weighted by molar-refractivity contribution is 0.226. The van der Waals surface area contributed by atoms with Crippen molar-refractivity contribution in [3.8, 4) is 5.75 Å². The number of rotatable bonds is 5. The molecule has 3 heteroatoms. The molecule has 0 amide bonds. The Labute approximate surface area is 108 Å². The van der Waals surface area contributed by atoms with Crippen LogP contribution in [0.3, 0.4) is 0 Å². The average Bonchev–Trinajstić information content (AvgIpc) is 2.40. The number of nitrogens with two attached hydrogens (primary N) is 1. The highest BCUT2D eigenvalue weighted by molar-refractivity contribution is 5.29. The van der Waals surface area contributed by atoms with Crippen molar-refractivity contribution >= 4 is 0 Å². The van der Waals surface area contributed by atoms with E-state index in [9.17, 15) is 0 Å². The maximum atomic E-state index is 5.91. The molecule has 0 bridgehead atoms. The van der Waals surface area contributed by atoms with Crippen LogP contribution in [0.1, 0.15) is 24.2 Å². The van der Waals surface area contributed by atoms with E-state index in [1.54, 1.807) is 6.20 Å². The van der Waals surface area contributed by atoms with Crippen molar-refractivity contribution in [1.29, 1.82) is 0 Å². The molecular weight excluding hydrogens is 224 g/mol. The molecule has 2 N–H and O–H groups in total. The molecule has 94 valence electrons. The molecule has 0 aliphatic heterocycles. The van der Waals surface area contributed by atoms with Gasteiger partial charge in [-0.1, -0.05) is 18.2 Å². The zero-order valence-electron chi connectivity index (χ0n) is 10.5. The van der Waals surface area contributed by atoms with Crippen molar-refractivity contribution in [1.82, 2.24) is 4.98 Å². The minimum Gasteiger partial charge on any atom is -0.486 e. The summed E-state index contributed by atoms with van der Waals surface area (Å²) in [6.45, 7) is 2.67. The van der Waals surface area contributed by atoms with Gasteiger partial charge in [0.25, 0.3) is 0 Å². The molecule has 0 radical (unpaired) electrons. The van der Waals surface area contributed by atoms with Crippen molar-refractivity contribution in [3.05, 3.63) is 59.9 Å². The third-order valence-corrected chi connectivity index (χ3v) is 2.80. The largest absolute Gasteiger partial charge is 0.486 e. The van der Waals surface area contributed by atoms with Gasteiger partial charge in [-0.05, 0) is 43.7 Å². The van der Waals surface area contributed by atoms with E-state index in [1.807, 2.05) is 43.5 Å². The lowest BCUT2D eigenvalue weighted by atomic mass is 10.1. The molecule has 0 fully saturated rings. The third kappa shape index (κ3) is 3.31. The van der Waals surface area contributed by atoms with Gasteiger partial charge in [-0.3, -0.25) is 4.98 Å². The smallest absolute Gasteiger partial charge is 0.122 e. The highest BCUT2D eigenvalue weighted by Gasteiger charge is 2.07. The molecule has 1 unspecified atom stereocenters. The molecule has 1 heterocycles. The van der Waals surface area contributed by atoms with Gasteiger partial charge in [0.15, 0.2) is 0 Å². The molecule has 2 rings (SSSR count). The van der Waals surface area contributed by atoms with Crippen LogP contribution in [0.5, 0.6) is 5.75 Å². The fourth-order valence-corrected chi connectivity index (χ4v) is 1.83. The molecular formula is C15H18N2O. The fraction of sp³-hybridized carbons (Fsp3) is 0.267. The van der Waals surface area contributed by atoms with E-state index in [0.717, 1.165) is 17.7 Å². The molecule has 1 aromatic heterocycles. The Bertz CT molecular complexity index is 485. The summed E-state index contributed by atoms with van der Waals surface area (Å²) in [7, 11) is 0. The molecule has 0 aliphatic rings. The zero-order valence-corrected chi connectivity index (χ0v) is 10.5. The zero-order chi connectivity index (χ0) is 12.8. The number of ether oxygens (including phenoxy) is 1. The number of benzene rings is 1. The van der Waals surface area contributed by atoms with Crippen molar-refractivity contribution in [2.45, 2.75) is 19.4 Å². The number of nitrogens with zero attached hydrogens (tertiary/aromatic N) is 1. The van der Waals surface area contributed by atoms with Crippen LogP contribution in [0, 0.1) is 0 Å². The first kappa shape index (κ1) is 12.6. The summed E-state index contributed by atoms with van der Waals surface area (Å²) in [4.78, 5) is 4.10. The highest BCUT2D eigenvalue weighted by Crippen LogP contribution is 2.21. The van der Waals surface area contributed by atoms with E-state index in [1.165, 1.54) is 5.56 Å². The van der Waals surface area contributed by atoms with Gasteiger partial charge in [-0.25, -0.2) is 0 Å². The summed E-state index contributed by atoms with van der Waals surface area (Å²) in [5.74, 6) is 0.873. The van der Waals surface area contributed by atoms with Crippen molar-refractivity contribution in [3.63, 3.8) is 0 Å². The topological polar surface area (TPSA) is 48.1 Å². The second kappa shape index (κ2) is 6.17. The minimum absolute atomic E-state index is 0.00757. The predicted molar refractivity (Wildman–Crippen MR) is 72.5 cm³/mol. The second-order valence-corrected chi connectivity index (χ2v) is 4.23. The van der Waals surface area contributed by atoms with E-state index in [2.05, 4.69) is 11.1 Å². The van der Waals surface area contributed by atoms with Crippen LogP contribution in [0.15, 0.2) is 48.8 Å². The van der Waals surface area contributed by atoms with Gasteiger partial charge in [-0.2, -0.15) is 0 Å². The summed E-state index contributed by atoms with van der Waals surface area (Å²) in [6, 6.07) is 12.0. The van der Waals surface area contributed by atoms with Crippen molar-refractivity contribution < 1.29 is 4.74 Å². The van der Waals surface area contributed by atoms with Crippen LogP contribution in [-0.4, -0.2) is 11.5 Å². The van der Waals surface area contributed by atoms with Gasteiger partial charge in [0.05, 0.1) is 0 Å². The number of aromatic nitrogens is 1. The lowest BCUT2D eigenvalue weighted by Gasteiger charge is -2.15. The summed E-state index contributed by atoms with van der Waals surface area (Å²) in [5, 5.41) is 0. The van der Waals surface area contributed by atoms with Gasteiger partial charge < -0.3 is 10.5 Å². The first-order chi connectivity index (χ1) is 8.79. The normalized spacial score (nSPS) is 12.1. The molecule has 0 saturated heterocycles. The summed E-state index contributed by atoms with van der Waals surface area (Å²) in [5.41, 5.74) is 7.83. The van der Waals surface area contributed by atoms with E-state index in [4.69, 9.17) is 10.5 Å². The van der Waals surface area contributed by atoms with E-state index < -0.39 is 0 Å². The molecule has 1 atom stereocenters. The Kier molecular flexibility index (Phi) is 4.31. The number of pyridine rings is 1. The molecule has 0 saturated carbocycles. The van der Waals surface area contributed by atoms with Crippen molar-refractivity contribution in [2.24, 2.45) is 5.73 Å². The monoisotopic (exact) mass is 242 g/mol. The van der Waals surface area contributed by atoms with Crippen LogP contribution in [0.2, 0.25) is 0 Å². The number of hydrogen-bond acceptors (Lipinski definition) is 3. The quantitative estimate of drug-likeness (QED) is 0.877. The van der Waals surface area contributed by atoms with Crippen LogP contribution >= 0.6 is 0 Å². The Hall–Kier alpha value is -1.87. The summed E-state index contributed by atoms with van der Waals surface area (Å²) < 4.78 is 5.91. The Morgan fingerprint density at radius 1 is 1.28 bits per heavy atom. The highest BCUT2D eigenvalue weighted by atomic mass is 16.5. The maximum absolute atomic E-state index is 5.91.